The molecule has 0 bridgehead atoms. The predicted octanol–water partition coefficient (Wildman–Crippen LogP) is 1.77. The maximum atomic E-state index is 4.07. The standard InChI is InChI=1S/C6H5N3S2/c10-11-9-4-8-6-5(9)2-1-3-7-6/h1-4,10H. The molecule has 0 saturated heterocycles. The Morgan fingerprint density at radius 3 is 3.18 bits per heavy atom. The molecule has 0 spiro atoms. The Bertz CT molecular complexity index is 371. The van der Waals surface area contributed by atoms with Gasteiger partial charge in [-0.3, -0.25) is 3.97 Å². The summed E-state index contributed by atoms with van der Waals surface area (Å²) in [7, 11) is 1.31. The summed E-state index contributed by atoms with van der Waals surface area (Å²) in [4.78, 5) is 8.14. The van der Waals surface area contributed by atoms with Gasteiger partial charge < -0.3 is 0 Å². The van der Waals surface area contributed by atoms with Crippen molar-refractivity contribution in [3.05, 3.63) is 24.7 Å². The van der Waals surface area contributed by atoms with E-state index in [4.69, 9.17) is 0 Å². The fraction of sp³-hybridized carbons (Fsp3) is 0. The Balaban J connectivity index is 2.76. The van der Waals surface area contributed by atoms with Gasteiger partial charge in [0.15, 0.2) is 5.65 Å². The van der Waals surface area contributed by atoms with Gasteiger partial charge in [-0.1, -0.05) is 11.7 Å². The minimum atomic E-state index is 0.758. The van der Waals surface area contributed by atoms with E-state index in [1.807, 2.05) is 16.1 Å². The van der Waals surface area contributed by atoms with Crippen LogP contribution in [0.4, 0.5) is 0 Å². The van der Waals surface area contributed by atoms with Crippen LogP contribution in [-0.4, -0.2) is 13.9 Å². The minimum Gasteiger partial charge on any atom is -0.261 e. The SMILES string of the molecule is SSn1cnc2ncccc21. The summed E-state index contributed by atoms with van der Waals surface area (Å²) in [6.45, 7) is 0. The van der Waals surface area contributed by atoms with Gasteiger partial charge >= 0.3 is 0 Å². The summed E-state index contributed by atoms with van der Waals surface area (Å²) in [5.74, 6) is 0. The van der Waals surface area contributed by atoms with E-state index in [9.17, 15) is 0 Å². The quantitative estimate of drug-likeness (QED) is 0.540. The smallest absolute Gasteiger partial charge is 0.178 e. The zero-order valence-electron chi connectivity index (χ0n) is 5.51. The molecule has 0 atom stereocenters. The van der Waals surface area contributed by atoms with E-state index < -0.39 is 0 Å². The van der Waals surface area contributed by atoms with E-state index in [0.717, 1.165) is 11.2 Å². The molecular formula is C6H5N3S2. The average molecular weight is 183 g/mol. The van der Waals surface area contributed by atoms with E-state index in [2.05, 4.69) is 21.6 Å². The molecule has 3 nitrogen and oxygen atoms in total. The number of fused-ring (bicyclic) bond motifs is 1. The van der Waals surface area contributed by atoms with Crippen LogP contribution >= 0.6 is 22.6 Å². The van der Waals surface area contributed by atoms with Crippen LogP contribution in [0.3, 0.4) is 0 Å². The van der Waals surface area contributed by atoms with E-state index in [1.165, 1.54) is 11.0 Å². The highest BCUT2D eigenvalue weighted by Gasteiger charge is 1.99. The summed E-state index contributed by atoms with van der Waals surface area (Å²) >= 11 is 4.06. The molecule has 0 aliphatic carbocycles. The van der Waals surface area contributed by atoms with Gasteiger partial charge in [-0.15, -0.1) is 0 Å². The molecule has 0 fully saturated rings. The lowest BCUT2D eigenvalue weighted by Gasteiger charge is -1.93. The fourth-order valence-corrected chi connectivity index (χ4v) is 1.60. The zero-order chi connectivity index (χ0) is 7.68. The predicted molar refractivity (Wildman–Crippen MR) is 49.5 cm³/mol. The molecule has 11 heavy (non-hydrogen) atoms. The monoisotopic (exact) mass is 183 g/mol. The topological polar surface area (TPSA) is 30.7 Å². The molecule has 0 N–H and O–H groups in total. The first-order valence-electron chi connectivity index (χ1n) is 3.02. The van der Waals surface area contributed by atoms with Crippen molar-refractivity contribution in [1.29, 1.82) is 0 Å². The van der Waals surface area contributed by atoms with Crippen molar-refractivity contribution in [2.45, 2.75) is 0 Å². The van der Waals surface area contributed by atoms with Crippen LogP contribution in [0, 0.1) is 0 Å². The molecule has 56 valence electrons. The van der Waals surface area contributed by atoms with Crippen molar-refractivity contribution in [2.75, 3.05) is 0 Å². The number of rotatable bonds is 1. The number of aromatic nitrogens is 3. The third-order valence-electron chi connectivity index (χ3n) is 1.38. The first-order chi connectivity index (χ1) is 5.42. The number of pyridine rings is 1. The van der Waals surface area contributed by atoms with Gasteiger partial charge in [-0.2, -0.15) is 0 Å². The van der Waals surface area contributed by atoms with Gasteiger partial charge in [0.1, 0.15) is 6.33 Å². The van der Waals surface area contributed by atoms with Gasteiger partial charge in [0.05, 0.1) is 5.52 Å². The number of hydrogen-bond donors (Lipinski definition) is 1. The second-order valence-electron chi connectivity index (χ2n) is 2.00. The maximum Gasteiger partial charge on any atom is 0.178 e. The molecule has 2 rings (SSSR count). The Hall–Kier alpha value is -0.680. The molecule has 2 aromatic rings. The Kier molecular flexibility index (Phi) is 1.75. The zero-order valence-corrected chi connectivity index (χ0v) is 7.22. The Morgan fingerprint density at radius 1 is 1.45 bits per heavy atom. The van der Waals surface area contributed by atoms with Gasteiger partial charge in [-0.25, -0.2) is 9.97 Å². The third kappa shape index (κ3) is 1.10. The molecular weight excluding hydrogens is 178 g/mol. The van der Waals surface area contributed by atoms with E-state index in [-0.39, 0.29) is 0 Å². The number of thiol groups is 1. The van der Waals surface area contributed by atoms with Crippen LogP contribution in [0.2, 0.25) is 0 Å². The van der Waals surface area contributed by atoms with Crippen molar-refractivity contribution in [2.24, 2.45) is 0 Å². The first kappa shape index (κ1) is 7.00. The Labute approximate surface area is 72.8 Å². The van der Waals surface area contributed by atoms with Crippen molar-refractivity contribution in [3.63, 3.8) is 0 Å². The molecule has 2 heterocycles. The lowest BCUT2D eigenvalue weighted by Crippen LogP contribution is -1.78. The number of hydrogen-bond acceptors (Lipinski definition) is 4. The molecule has 0 aliphatic heterocycles. The number of imidazole rings is 1. The van der Waals surface area contributed by atoms with Crippen molar-refractivity contribution in [1.82, 2.24) is 13.9 Å². The van der Waals surface area contributed by atoms with E-state index in [0.29, 0.717) is 0 Å². The lowest BCUT2D eigenvalue weighted by atomic mass is 10.4. The molecule has 5 heteroatoms. The van der Waals surface area contributed by atoms with Gasteiger partial charge in [0.25, 0.3) is 0 Å². The van der Waals surface area contributed by atoms with Crippen LogP contribution in [0.25, 0.3) is 11.2 Å². The van der Waals surface area contributed by atoms with Crippen LogP contribution in [0.5, 0.6) is 0 Å². The summed E-state index contributed by atoms with van der Waals surface area (Å²) in [5.41, 5.74) is 1.75. The lowest BCUT2D eigenvalue weighted by molar-refractivity contribution is 1.26. The van der Waals surface area contributed by atoms with E-state index >= 15 is 0 Å². The van der Waals surface area contributed by atoms with Crippen LogP contribution in [0.15, 0.2) is 24.7 Å². The maximum absolute atomic E-state index is 4.07. The highest BCUT2D eigenvalue weighted by Crippen LogP contribution is 2.17. The summed E-state index contributed by atoms with van der Waals surface area (Å²) < 4.78 is 1.85. The summed E-state index contributed by atoms with van der Waals surface area (Å²) in [5, 5.41) is 0. The number of nitrogens with zero attached hydrogens (tertiary/aromatic N) is 3. The van der Waals surface area contributed by atoms with Gasteiger partial charge in [0, 0.05) is 17.2 Å². The average Bonchev–Trinajstić information content (AvgIpc) is 2.47. The summed E-state index contributed by atoms with van der Waals surface area (Å²) in [6.07, 6.45) is 3.43. The highest BCUT2D eigenvalue weighted by molar-refractivity contribution is 8.68. The molecule has 0 amide bonds. The van der Waals surface area contributed by atoms with Crippen molar-refractivity contribution in [3.8, 4) is 0 Å². The largest absolute Gasteiger partial charge is 0.261 e. The van der Waals surface area contributed by atoms with Crippen LogP contribution < -0.4 is 0 Å². The van der Waals surface area contributed by atoms with Crippen LogP contribution in [-0.2, 0) is 0 Å². The summed E-state index contributed by atoms with van der Waals surface area (Å²) in [6, 6.07) is 3.84. The van der Waals surface area contributed by atoms with Crippen LogP contribution in [0.1, 0.15) is 0 Å². The molecule has 2 aromatic heterocycles. The molecule has 0 aliphatic rings. The van der Waals surface area contributed by atoms with Crippen molar-refractivity contribution < 1.29 is 0 Å². The highest BCUT2D eigenvalue weighted by atomic mass is 33.1. The van der Waals surface area contributed by atoms with Crippen molar-refractivity contribution >= 4 is 33.8 Å². The van der Waals surface area contributed by atoms with Gasteiger partial charge in [0.2, 0.25) is 0 Å². The molecule has 0 aromatic carbocycles. The fourth-order valence-electron chi connectivity index (χ4n) is 0.894. The molecule has 0 saturated carbocycles. The second-order valence-corrected chi connectivity index (χ2v) is 3.04. The molecule has 0 radical (unpaired) electrons. The molecule has 0 unspecified atom stereocenters. The second kappa shape index (κ2) is 2.75. The first-order valence-corrected chi connectivity index (χ1v) is 4.84. The minimum absolute atomic E-state index is 0.758. The Morgan fingerprint density at radius 2 is 2.36 bits per heavy atom. The normalized spacial score (nSPS) is 10.6. The van der Waals surface area contributed by atoms with E-state index in [1.54, 1.807) is 12.5 Å². The van der Waals surface area contributed by atoms with Gasteiger partial charge in [-0.05, 0) is 12.1 Å². The third-order valence-corrected chi connectivity index (χ3v) is 2.37.